The van der Waals surface area contributed by atoms with E-state index in [1.807, 2.05) is 13.8 Å². The van der Waals surface area contributed by atoms with Crippen LogP contribution in [0.15, 0.2) is 47.1 Å². The molecule has 0 fully saturated rings. The molecule has 2 rings (SSSR count). The predicted octanol–water partition coefficient (Wildman–Crippen LogP) is 3.58. The summed E-state index contributed by atoms with van der Waals surface area (Å²) in [5, 5.41) is 0. The molecule has 1 aromatic carbocycles. The highest BCUT2D eigenvalue weighted by Crippen LogP contribution is 2.23. The molecule has 0 N–H and O–H groups in total. The maximum absolute atomic E-state index is 12.7. The lowest BCUT2D eigenvalue weighted by Crippen LogP contribution is -2.31. The Balaban J connectivity index is 2.25. The summed E-state index contributed by atoms with van der Waals surface area (Å²) in [7, 11) is -3.64. The van der Waals surface area contributed by atoms with Crippen molar-refractivity contribution in [2.24, 2.45) is 5.92 Å². The van der Waals surface area contributed by atoms with Gasteiger partial charge in [-0.3, -0.25) is 4.79 Å². The third-order valence-electron chi connectivity index (χ3n) is 3.77. The van der Waals surface area contributed by atoms with Gasteiger partial charge in [0.05, 0.1) is 18.6 Å². The molecule has 6 nitrogen and oxygen atoms in total. The Labute approximate surface area is 154 Å². The van der Waals surface area contributed by atoms with Crippen molar-refractivity contribution in [1.82, 2.24) is 4.90 Å². The first-order valence-electron chi connectivity index (χ1n) is 8.61. The van der Waals surface area contributed by atoms with Gasteiger partial charge in [-0.15, -0.1) is 0 Å². The zero-order valence-corrected chi connectivity index (χ0v) is 16.2. The van der Waals surface area contributed by atoms with Crippen LogP contribution in [0.4, 0.5) is 0 Å². The standard InChI is InChI=1S/C19H25NO5S/c1-4-26(22,23)25-18-10-6-5-8-16(18)13-20(19(21)12-15(2)3)14-17-9-7-11-24-17/h5-11,15H,4,12-14H2,1-3H3. The average Bonchev–Trinajstić information content (AvgIpc) is 3.08. The summed E-state index contributed by atoms with van der Waals surface area (Å²) in [4.78, 5) is 14.3. The summed E-state index contributed by atoms with van der Waals surface area (Å²) in [6.07, 6.45) is 1.96. The molecule has 1 heterocycles. The van der Waals surface area contributed by atoms with Crippen LogP contribution in [0.5, 0.6) is 5.75 Å². The Morgan fingerprint density at radius 1 is 1.15 bits per heavy atom. The van der Waals surface area contributed by atoms with Gasteiger partial charge in [0.15, 0.2) is 0 Å². The van der Waals surface area contributed by atoms with E-state index in [-0.39, 0.29) is 29.9 Å². The minimum Gasteiger partial charge on any atom is -0.467 e. The lowest BCUT2D eigenvalue weighted by Gasteiger charge is -2.24. The Morgan fingerprint density at radius 2 is 1.88 bits per heavy atom. The minimum absolute atomic E-state index is 0.0236. The zero-order chi connectivity index (χ0) is 19.2. The molecule has 0 bridgehead atoms. The first-order chi connectivity index (χ1) is 12.3. The Bertz CT molecular complexity index is 812. The minimum atomic E-state index is -3.64. The van der Waals surface area contributed by atoms with E-state index in [9.17, 15) is 13.2 Å². The molecule has 0 saturated heterocycles. The van der Waals surface area contributed by atoms with Crippen LogP contribution < -0.4 is 4.18 Å². The molecule has 26 heavy (non-hydrogen) atoms. The number of hydrogen-bond acceptors (Lipinski definition) is 5. The van der Waals surface area contributed by atoms with E-state index in [2.05, 4.69) is 0 Å². The van der Waals surface area contributed by atoms with Crippen LogP contribution in [0.1, 0.15) is 38.5 Å². The number of carbonyl (C=O) groups is 1. The molecule has 1 amide bonds. The molecule has 0 atom stereocenters. The monoisotopic (exact) mass is 379 g/mol. The van der Waals surface area contributed by atoms with Crippen LogP contribution in [0.25, 0.3) is 0 Å². The third-order valence-corrected chi connectivity index (χ3v) is 4.91. The molecule has 2 aromatic rings. The summed E-state index contributed by atoms with van der Waals surface area (Å²) in [5.41, 5.74) is 0.633. The number of carbonyl (C=O) groups excluding carboxylic acids is 1. The summed E-state index contributed by atoms with van der Waals surface area (Å²) in [6, 6.07) is 10.4. The summed E-state index contributed by atoms with van der Waals surface area (Å²) >= 11 is 0. The SMILES string of the molecule is CCS(=O)(=O)Oc1ccccc1CN(Cc1ccco1)C(=O)CC(C)C. The highest BCUT2D eigenvalue weighted by Gasteiger charge is 2.20. The van der Waals surface area contributed by atoms with E-state index >= 15 is 0 Å². The number of furan rings is 1. The van der Waals surface area contributed by atoms with Crippen LogP contribution >= 0.6 is 0 Å². The van der Waals surface area contributed by atoms with Crippen molar-refractivity contribution < 1.29 is 21.8 Å². The molecule has 0 radical (unpaired) electrons. The second-order valence-corrected chi connectivity index (χ2v) is 8.32. The average molecular weight is 379 g/mol. The molecule has 0 spiro atoms. The fourth-order valence-corrected chi connectivity index (χ4v) is 2.97. The molecular weight excluding hydrogens is 354 g/mol. The van der Waals surface area contributed by atoms with Gasteiger partial charge in [-0.25, -0.2) is 0 Å². The van der Waals surface area contributed by atoms with Gasteiger partial charge in [-0.1, -0.05) is 32.0 Å². The van der Waals surface area contributed by atoms with Crippen molar-refractivity contribution in [1.29, 1.82) is 0 Å². The predicted molar refractivity (Wildman–Crippen MR) is 98.9 cm³/mol. The largest absolute Gasteiger partial charge is 0.467 e. The second-order valence-electron chi connectivity index (χ2n) is 6.46. The number of amides is 1. The van der Waals surface area contributed by atoms with Gasteiger partial charge in [0.25, 0.3) is 0 Å². The molecule has 0 saturated carbocycles. The summed E-state index contributed by atoms with van der Waals surface area (Å²) < 4.78 is 34.2. The van der Waals surface area contributed by atoms with E-state index in [4.69, 9.17) is 8.60 Å². The number of rotatable bonds is 9. The molecule has 1 aromatic heterocycles. The van der Waals surface area contributed by atoms with Crippen molar-refractivity contribution in [3.05, 3.63) is 54.0 Å². The molecular formula is C19H25NO5S. The van der Waals surface area contributed by atoms with Gasteiger partial charge in [0.1, 0.15) is 11.5 Å². The van der Waals surface area contributed by atoms with E-state index in [0.29, 0.717) is 24.3 Å². The molecule has 142 valence electrons. The smallest absolute Gasteiger partial charge is 0.308 e. The highest BCUT2D eigenvalue weighted by atomic mass is 32.2. The van der Waals surface area contributed by atoms with Crippen molar-refractivity contribution in [3.63, 3.8) is 0 Å². The quantitative estimate of drug-likeness (QED) is 0.622. The molecule has 0 aliphatic heterocycles. The zero-order valence-electron chi connectivity index (χ0n) is 15.3. The fourth-order valence-electron chi connectivity index (χ4n) is 2.42. The topological polar surface area (TPSA) is 76.8 Å². The van der Waals surface area contributed by atoms with Crippen LogP contribution in [-0.2, 0) is 28.0 Å². The van der Waals surface area contributed by atoms with Gasteiger partial charge < -0.3 is 13.5 Å². The van der Waals surface area contributed by atoms with Gasteiger partial charge >= 0.3 is 10.1 Å². The maximum atomic E-state index is 12.7. The van der Waals surface area contributed by atoms with Gasteiger partial charge in [0, 0.05) is 18.5 Å². The number of hydrogen-bond donors (Lipinski definition) is 0. The summed E-state index contributed by atoms with van der Waals surface area (Å²) in [5.74, 6) is 0.986. The van der Waals surface area contributed by atoms with E-state index in [0.717, 1.165) is 0 Å². The number of benzene rings is 1. The normalized spacial score (nSPS) is 11.5. The Hall–Kier alpha value is -2.28. The summed E-state index contributed by atoms with van der Waals surface area (Å²) in [6.45, 7) is 6.03. The van der Waals surface area contributed by atoms with Gasteiger partial charge in [0.2, 0.25) is 5.91 Å². The van der Waals surface area contributed by atoms with Crippen LogP contribution in [0.2, 0.25) is 0 Å². The van der Waals surface area contributed by atoms with Crippen LogP contribution in [0.3, 0.4) is 0 Å². The maximum Gasteiger partial charge on any atom is 0.308 e. The Kier molecular flexibility index (Phi) is 6.85. The third kappa shape index (κ3) is 5.91. The van der Waals surface area contributed by atoms with Crippen molar-refractivity contribution >= 4 is 16.0 Å². The van der Waals surface area contributed by atoms with Crippen molar-refractivity contribution in [2.45, 2.75) is 40.3 Å². The van der Waals surface area contributed by atoms with Crippen molar-refractivity contribution in [2.75, 3.05) is 5.75 Å². The first kappa shape index (κ1) is 20.0. The molecule has 0 unspecified atom stereocenters. The molecule has 0 aliphatic carbocycles. The lowest BCUT2D eigenvalue weighted by atomic mass is 10.1. The van der Waals surface area contributed by atoms with E-state index < -0.39 is 10.1 Å². The lowest BCUT2D eigenvalue weighted by molar-refractivity contribution is -0.133. The van der Waals surface area contributed by atoms with Gasteiger partial charge in [-0.05, 0) is 31.0 Å². The van der Waals surface area contributed by atoms with Crippen LogP contribution in [-0.4, -0.2) is 25.0 Å². The fraction of sp³-hybridized carbons (Fsp3) is 0.421. The number of para-hydroxylation sites is 1. The first-order valence-corrected chi connectivity index (χ1v) is 10.2. The van der Waals surface area contributed by atoms with E-state index in [1.54, 1.807) is 47.6 Å². The van der Waals surface area contributed by atoms with E-state index in [1.165, 1.54) is 6.92 Å². The number of nitrogens with zero attached hydrogens (tertiary/aromatic N) is 1. The Morgan fingerprint density at radius 3 is 2.50 bits per heavy atom. The van der Waals surface area contributed by atoms with Crippen LogP contribution in [0, 0.1) is 5.92 Å². The van der Waals surface area contributed by atoms with Gasteiger partial charge in [-0.2, -0.15) is 8.42 Å². The van der Waals surface area contributed by atoms with Crippen molar-refractivity contribution in [3.8, 4) is 5.75 Å². The molecule has 7 heteroatoms. The highest BCUT2D eigenvalue weighted by molar-refractivity contribution is 7.87. The molecule has 0 aliphatic rings. The second kappa shape index (κ2) is 8.89.